The highest BCUT2D eigenvalue weighted by atomic mass is 35.5. The molecule has 0 radical (unpaired) electrons. The Labute approximate surface area is 234 Å². The van der Waals surface area contributed by atoms with Gasteiger partial charge in [-0.3, -0.25) is 14.4 Å². The summed E-state index contributed by atoms with van der Waals surface area (Å²) in [5, 5.41) is 13.0. The van der Waals surface area contributed by atoms with E-state index in [4.69, 9.17) is 16.3 Å². The number of amides is 1. The molecule has 1 saturated carbocycles. The van der Waals surface area contributed by atoms with Crippen LogP contribution >= 0.6 is 23.1 Å². The molecule has 5 rings (SSSR count). The van der Waals surface area contributed by atoms with E-state index in [1.807, 2.05) is 24.3 Å². The maximum Gasteiger partial charge on any atom is 0.330 e. The number of Topliss-reactive ketones (excluding diaryl/α,β-unsaturated/α-hetero) is 1. The normalized spacial score (nSPS) is 21.5. The standard InChI is InChI=1S/C28H29ClFN3O5S/c29-21-15-17(7-12-22(21)31-26(35)25-20-5-1-2-6-23(20)39-32-25)16-24(34)28(30,33-13-3-4-14-33)38-19-10-8-18(9-11-19)27(36)37/h1-2,5-7,12,15,18-19H,3-4,8-11,13-14,16H2,(H,31,35)(H,36,37)/t18-,19-,28?. The van der Waals surface area contributed by atoms with E-state index in [-0.39, 0.29) is 11.4 Å². The Morgan fingerprint density at radius 1 is 1.13 bits per heavy atom. The summed E-state index contributed by atoms with van der Waals surface area (Å²) in [4.78, 5) is 38.9. The summed E-state index contributed by atoms with van der Waals surface area (Å²) in [6.07, 6.45) is 2.32. The van der Waals surface area contributed by atoms with E-state index in [1.54, 1.807) is 12.1 Å². The van der Waals surface area contributed by atoms with Gasteiger partial charge in [-0.15, -0.1) is 0 Å². The number of carboxylic acids is 1. The number of hydrogen-bond acceptors (Lipinski definition) is 7. The van der Waals surface area contributed by atoms with Gasteiger partial charge < -0.3 is 15.2 Å². The predicted molar refractivity (Wildman–Crippen MR) is 147 cm³/mol. The van der Waals surface area contributed by atoms with Crippen LogP contribution in [0.4, 0.5) is 10.1 Å². The summed E-state index contributed by atoms with van der Waals surface area (Å²) in [6.45, 7) is 0.813. The molecule has 0 bridgehead atoms. The number of carbonyl (C=O) groups is 3. The Balaban J connectivity index is 1.27. The molecule has 2 aliphatic rings. The molecule has 0 spiro atoms. The van der Waals surface area contributed by atoms with Crippen molar-refractivity contribution in [3.63, 3.8) is 0 Å². The summed E-state index contributed by atoms with van der Waals surface area (Å²) in [6, 6.07) is 12.2. The van der Waals surface area contributed by atoms with Crippen LogP contribution in [0.2, 0.25) is 5.02 Å². The van der Waals surface area contributed by atoms with Gasteiger partial charge in [0.15, 0.2) is 0 Å². The molecule has 2 fully saturated rings. The maximum atomic E-state index is 16.4. The van der Waals surface area contributed by atoms with Crippen LogP contribution in [0.25, 0.3) is 10.1 Å². The van der Waals surface area contributed by atoms with Gasteiger partial charge in [-0.05, 0) is 73.8 Å². The molecule has 11 heteroatoms. The molecule has 39 heavy (non-hydrogen) atoms. The number of likely N-dealkylation sites (tertiary alicyclic amines) is 1. The summed E-state index contributed by atoms with van der Waals surface area (Å²) in [5.41, 5.74) is 1.14. The molecular formula is C28H29ClFN3O5S. The third-order valence-electron chi connectivity index (χ3n) is 7.44. The Morgan fingerprint density at radius 2 is 1.85 bits per heavy atom. The number of aliphatic carboxylic acids is 1. The molecule has 1 atom stereocenters. The number of fused-ring (bicyclic) bond motifs is 1. The molecule has 8 nitrogen and oxygen atoms in total. The molecule has 1 aliphatic carbocycles. The van der Waals surface area contributed by atoms with E-state index in [2.05, 4.69) is 9.69 Å². The molecule has 1 aliphatic heterocycles. The highest BCUT2D eigenvalue weighted by molar-refractivity contribution is 7.13. The van der Waals surface area contributed by atoms with Crippen molar-refractivity contribution in [3.8, 4) is 0 Å². The number of benzene rings is 2. The second-order valence-corrected chi connectivity index (χ2v) is 11.3. The van der Waals surface area contributed by atoms with Gasteiger partial charge in [0, 0.05) is 24.9 Å². The van der Waals surface area contributed by atoms with Crippen molar-refractivity contribution in [2.75, 3.05) is 18.4 Å². The van der Waals surface area contributed by atoms with Crippen molar-refractivity contribution in [1.82, 2.24) is 9.27 Å². The first kappa shape index (κ1) is 27.6. The van der Waals surface area contributed by atoms with Crippen molar-refractivity contribution in [2.24, 2.45) is 5.92 Å². The Bertz CT molecular complexity index is 1390. The van der Waals surface area contributed by atoms with Crippen LogP contribution in [0, 0.1) is 5.92 Å². The summed E-state index contributed by atoms with van der Waals surface area (Å²) in [7, 11) is 0. The van der Waals surface area contributed by atoms with Crippen molar-refractivity contribution < 1.29 is 28.6 Å². The minimum absolute atomic E-state index is 0.215. The molecule has 2 N–H and O–H groups in total. The van der Waals surface area contributed by atoms with Crippen LogP contribution in [0.5, 0.6) is 0 Å². The van der Waals surface area contributed by atoms with E-state index >= 15 is 4.39 Å². The molecule has 2 heterocycles. The second-order valence-electron chi connectivity index (χ2n) is 10.1. The fourth-order valence-corrected chi connectivity index (χ4v) is 6.29. The number of nitrogens with zero attached hydrogens (tertiary/aromatic N) is 2. The number of nitrogens with one attached hydrogen (secondary N) is 1. The summed E-state index contributed by atoms with van der Waals surface area (Å²) < 4.78 is 27.4. The number of alkyl halides is 1. The average molecular weight is 574 g/mol. The largest absolute Gasteiger partial charge is 0.481 e. The third kappa shape index (κ3) is 5.99. The second kappa shape index (κ2) is 11.7. The number of aromatic nitrogens is 1. The highest BCUT2D eigenvalue weighted by Crippen LogP contribution is 2.35. The van der Waals surface area contributed by atoms with Crippen LogP contribution in [-0.4, -0.2) is 57.2 Å². The fourth-order valence-electron chi connectivity index (χ4n) is 5.27. The number of ketones is 1. The van der Waals surface area contributed by atoms with Gasteiger partial charge in [-0.25, -0.2) is 4.90 Å². The number of carboxylic acid groups (broad SMARTS) is 1. The number of hydrogen-bond donors (Lipinski definition) is 2. The first-order valence-corrected chi connectivity index (χ1v) is 14.2. The van der Waals surface area contributed by atoms with Crippen molar-refractivity contribution >= 4 is 56.6 Å². The van der Waals surface area contributed by atoms with Crippen LogP contribution < -0.4 is 5.32 Å². The minimum atomic E-state index is -2.59. The average Bonchev–Trinajstić information content (AvgIpc) is 3.61. The third-order valence-corrected chi connectivity index (χ3v) is 8.58. The van der Waals surface area contributed by atoms with Crippen LogP contribution in [0.3, 0.4) is 0 Å². The smallest absolute Gasteiger partial charge is 0.330 e. The zero-order chi connectivity index (χ0) is 27.6. The van der Waals surface area contributed by atoms with Gasteiger partial charge in [0.05, 0.1) is 27.4 Å². The van der Waals surface area contributed by atoms with E-state index in [9.17, 15) is 19.5 Å². The zero-order valence-corrected chi connectivity index (χ0v) is 22.8. The minimum Gasteiger partial charge on any atom is -0.481 e. The number of halogens is 2. The highest BCUT2D eigenvalue weighted by Gasteiger charge is 2.48. The van der Waals surface area contributed by atoms with E-state index < -0.39 is 35.7 Å². The molecule has 1 amide bonds. The van der Waals surface area contributed by atoms with Gasteiger partial charge >= 0.3 is 11.9 Å². The van der Waals surface area contributed by atoms with Crippen LogP contribution in [0.1, 0.15) is 54.6 Å². The Morgan fingerprint density at radius 3 is 2.54 bits per heavy atom. The quantitative estimate of drug-likeness (QED) is 0.316. The molecule has 206 valence electrons. The monoisotopic (exact) mass is 573 g/mol. The van der Waals surface area contributed by atoms with Gasteiger partial charge in [0.2, 0.25) is 5.78 Å². The van der Waals surface area contributed by atoms with Crippen LogP contribution in [0.15, 0.2) is 42.5 Å². The first-order valence-electron chi connectivity index (χ1n) is 13.1. The lowest BCUT2D eigenvalue weighted by Crippen LogP contribution is -2.54. The van der Waals surface area contributed by atoms with Crippen LogP contribution in [-0.2, 0) is 20.7 Å². The Hall–Kier alpha value is -2.92. The first-order chi connectivity index (χ1) is 18.7. The van der Waals surface area contributed by atoms with Gasteiger partial charge in [-0.1, -0.05) is 35.9 Å². The summed E-state index contributed by atoms with van der Waals surface area (Å²) in [5.74, 6) is -5.04. The molecule has 2 aromatic carbocycles. The van der Waals surface area contributed by atoms with Crippen molar-refractivity contribution in [1.29, 1.82) is 0 Å². The van der Waals surface area contributed by atoms with E-state index in [0.717, 1.165) is 22.9 Å². The lowest BCUT2D eigenvalue weighted by molar-refractivity contribution is -0.252. The number of ether oxygens (including phenoxy) is 1. The van der Waals surface area contributed by atoms with Crippen molar-refractivity contribution in [2.45, 2.75) is 57.0 Å². The number of carbonyl (C=O) groups excluding carboxylic acids is 2. The Kier molecular flexibility index (Phi) is 8.27. The molecule has 1 saturated heterocycles. The number of rotatable bonds is 9. The van der Waals surface area contributed by atoms with Crippen molar-refractivity contribution in [3.05, 3.63) is 58.7 Å². The zero-order valence-electron chi connectivity index (χ0n) is 21.2. The molecule has 3 aromatic rings. The fraction of sp³-hybridized carbons (Fsp3) is 0.429. The van der Waals surface area contributed by atoms with E-state index in [1.165, 1.54) is 22.5 Å². The summed E-state index contributed by atoms with van der Waals surface area (Å²) >= 11 is 7.68. The number of anilines is 1. The SMILES string of the molecule is O=C(Nc1ccc(CC(=O)C(F)(O[C@H]2CC[C@H](C(=O)O)CC2)N2CCCC2)cc1Cl)c1nsc2ccccc12. The lowest BCUT2D eigenvalue weighted by Gasteiger charge is -2.37. The maximum absolute atomic E-state index is 16.4. The topological polar surface area (TPSA) is 109 Å². The molecule has 1 aromatic heterocycles. The van der Waals surface area contributed by atoms with Gasteiger partial charge in [0.1, 0.15) is 5.69 Å². The predicted octanol–water partition coefficient (Wildman–Crippen LogP) is 5.69. The molecule has 1 unspecified atom stereocenters. The van der Waals surface area contributed by atoms with E-state index in [0.29, 0.717) is 55.7 Å². The van der Waals surface area contributed by atoms with Gasteiger partial charge in [-0.2, -0.15) is 8.76 Å². The molecular weight excluding hydrogens is 545 g/mol. The lowest BCUT2D eigenvalue weighted by atomic mass is 9.87. The van der Waals surface area contributed by atoms with Gasteiger partial charge in [0.25, 0.3) is 5.91 Å².